The van der Waals surface area contributed by atoms with Crippen molar-refractivity contribution in [2.24, 2.45) is 0 Å². The van der Waals surface area contributed by atoms with E-state index in [1.807, 2.05) is 12.1 Å². The lowest BCUT2D eigenvalue weighted by atomic mass is 10.3. The fourth-order valence-corrected chi connectivity index (χ4v) is 1.51. The van der Waals surface area contributed by atoms with Gasteiger partial charge in [-0.2, -0.15) is 0 Å². The van der Waals surface area contributed by atoms with E-state index in [2.05, 4.69) is 5.32 Å². The Morgan fingerprint density at radius 2 is 2.19 bits per heavy atom. The molecule has 0 aromatic heterocycles. The van der Waals surface area contributed by atoms with Gasteiger partial charge in [-0.3, -0.25) is 4.79 Å². The summed E-state index contributed by atoms with van der Waals surface area (Å²) in [4.78, 5) is 11.6. The summed E-state index contributed by atoms with van der Waals surface area (Å²) in [6, 6.07) is 7.49. The van der Waals surface area contributed by atoms with E-state index in [9.17, 15) is 4.79 Å². The molecule has 1 saturated carbocycles. The highest BCUT2D eigenvalue weighted by atomic mass is 35.5. The zero-order valence-electron chi connectivity index (χ0n) is 9.07. The van der Waals surface area contributed by atoms with Crippen molar-refractivity contribution in [3.05, 3.63) is 29.3 Å². The molecule has 3 nitrogen and oxygen atoms in total. The highest BCUT2D eigenvalue weighted by Crippen LogP contribution is 2.24. The number of hydrogen-bond donors (Lipinski definition) is 1. The number of carbonyl (C=O) groups is 1. The van der Waals surface area contributed by atoms with E-state index in [1.165, 1.54) is 0 Å². The quantitative estimate of drug-likeness (QED) is 0.876. The maximum Gasteiger partial charge on any atom is 0.260 e. The van der Waals surface area contributed by atoms with Crippen molar-refractivity contribution < 1.29 is 9.53 Å². The monoisotopic (exact) mass is 239 g/mol. The van der Waals surface area contributed by atoms with Crippen LogP contribution in [-0.2, 0) is 4.79 Å². The van der Waals surface area contributed by atoms with E-state index in [4.69, 9.17) is 16.3 Å². The Morgan fingerprint density at radius 3 is 2.81 bits per heavy atom. The first-order valence-corrected chi connectivity index (χ1v) is 5.76. The van der Waals surface area contributed by atoms with Crippen molar-refractivity contribution >= 4 is 17.5 Å². The first-order valence-electron chi connectivity index (χ1n) is 5.38. The number of benzene rings is 1. The first-order chi connectivity index (χ1) is 7.66. The molecule has 1 aromatic rings. The van der Waals surface area contributed by atoms with Gasteiger partial charge in [0.2, 0.25) is 0 Å². The lowest BCUT2D eigenvalue weighted by Crippen LogP contribution is -2.37. The molecule has 0 aliphatic heterocycles. The summed E-state index contributed by atoms with van der Waals surface area (Å²) in [5, 5.41) is 3.41. The Balaban J connectivity index is 1.92. The topological polar surface area (TPSA) is 38.3 Å². The third kappa shape index (κ3) is 2.89. The second-order valence-electron chi connectivity index (χ2n) is 3.97. The average molecular weight is 240 g/mol. The normalized spacial score (nSPS) is 16.6. The van der Waals surface area contributed by atoms with Crippen molar-refractivity contribution in [2.45, 2.75) is 31.9 Å². The summed E-state index contributed by atoms with van der Waals surface area (Å²) in [6.45, 7) is 1.72. The van der Waals surface area contributed by atoms with E-state index in [1.54, 1.807) is 19.1 Å². The number of carbonyl (C=O) groups excluding carboxylic acids is 1. The second kappa shape index (κ2) is 4.74. The fourth-order valence-electron chi connectivity index (χ4n) is 1.33. The zero-order chi connectivity index (χ0) is 11.5. The number of nitrogens with one attached hydrogen (secondary N) is 1. The van der Waals surface area contributed by atoms with Gasteiger partial charge in [-0.05, 0) is 31.9 Å². The van der Waals surface area contributed by atoms with Crippen LogP contribution >= 0.6 is 11.6 Å². The molecule has 1 N–H and O–H groups in total. The molecule has 0 spiro atoms. The SMILES string of the molecule is CC(Oc1ccccc1Cl)C(=O)NC1CC1. The molecule has 4 heteroatoms. The molecule has 1 amide bonds. The van der Waals surface area contributed by atoms with Crippen LogP contribution in [0.2, 0.25) is 5.02 Å². The standard InChI is InChI=1S/C12H14ClNO2/c1-8(12(15)14-9-6-7-9)16-11-5-3-2-4-10(11)13/h2-5,8-9H,6-7H2,1H3,(H,14,15). The van der Waals surface area contributed by atoms with Crippen LogP contribution in [0, 0.1) is 0 Å². The Bertz CT molecular complexity index is 390. The van der Waals surface area contributed by atoms with Crippen molar-refractivity contribution in [3.63, 3.8) is 0 Å². The van der Waals surface area contributed by atoms with Gasteiger partial charge in [0.25, 0.3) is 5.91 Å². The largest absolute Gasteiger partial charge is 0.479 e. The molecule has 2 rings (SSSR count). The van der Waals surface area contributed by atoms with E-state index < -0.39 is 6.10 Å². The van der Waals surface area contributed by atoms with Gasteiger partial charge >= 0.3 is 0 Å². The number of halogens is 1. The predicted molar refractivity (Wildman–Crippen MR) is 62.7 cm³/mol. The molecular weight excluding hydrogens is 226 g/mol. The Labute approximate surface area is 99.7 Å². The van der Waals surface area contributed by atoms with Gasteiger partial charge in [-0.1, -0.05) is 23.7 Å². The number of amides is 1. The Kier molecular flexibility index (Phi) is 3.34. The van der Waals surface area contributed by atoms with Crippen LogP contribution in [0.1, 0.15) is 19.8 Å². The van der Waals surface area contributed by atoms with Crippen molar-refractivity contribution in [3.8, 4) is 5.75 Å². The lowest BCUT2D eigenvalue weighted by Gasteiger charge is -2.15. The molecule has 1 aliphatic carbocycles. The number of para-hydroxylation sites is 1. The van der Waals surface area contributed by atoms with Gasteiger partial charge in [0.05, 0.1) is 5.02 Å². The lowest BCUT2D eigenvalue weighted by molar-refractivity contribution is -0.127. The van der Waals surface area contributed by atoms with Crippen molar-refractivity contribution in [2.75, 3.05) is 0 Å². The molecule has 1 unspecified atom stereocenters. The van der Waals surface area contributed by atoms with Crippen molar-refractivity contribution in [1.82, 2.24) is 5.32 Å². The number of hydrogen-bond acceptors (Lipinski definition) is 2. The Morgan fingerprint density at radius 1 is 1.50 bits per heavy atom. The van der Waals surface area contributed by atoms with Crippen LogP contribution in [-0.4, -0.2) is 18.1 Å². The predicted octanol–water partition coefficient (Wildman–Crippen LogP) is 2.39. The zero-order valence-corrected chi connectivity index (χ0v) is 9.83. The van der Waals surface area contributed by atoms with E-state index in [0.717, 1.165) is 12.8 Å². The minimum atomic E-state index is -0.513. The summed E-state index contributed by atoms with van der Waals surface area (Å²) in [7, 11) is 0. The molecule has 0 saturated heterocycles. The second-order valence-corrected chi connectivity index (χ2v) is 4.38. The number of rotatable bonds is 4. The summed E-state index contributed by atoms with van der Waals surface area (Å²) in [5.74, 6) is 0.463. The van der Waals surface area contributed by atoms with Gasteiger partial charge in [0.15, 0.2) is 6.10 Å². The molecule has 0 bridgehead atoms. The maximum atomic E-state index is 11.6. The fraction of sp³-hybridized carbons (Fsp3) is 0.417. The molecule has 1 fully saturated rings. The smallest absolute Gasteiger partial charge is 0.260 e. The van der Waals surface area contributed by atoms with E-state index in [0.29, 0.717) is 16.8 Å². The van der Waals surface area contributed by atoms with E-state index >= 15 is 0 Å². The van der Waals surface area contributed by atoms with Crippen LogP contribution < -0.4 is 10.1 Å². The van der Waals surface area contributed by atoms with Crippen LogP contribution in [0.15, 0.2) is 24.3 Å². The van der Waals surface area contributed by atoms with Crippen LogP contribution in [0.3, 0.4) is 0 Å². The summed E-state index contributed by atoms with van der Waals surface area (Å²) in [5.41, 5.74) is 0. The van der Waals surface area contributed by atoms with Gasteiger partial charge in [-0.25, -0.2) is 0 Å². The molecule has 0 radical (unpaired) electrons. The third-order valence-electron chi connectivity index (χ3n) is 2.43. The summed E-state index contributed by atoms with van der Waals surface area (Å²) in [6.07, 6.45) is 1.63. The molecule has 1 aliphatic rings. The van der Waals surface area contributed by atoms with Crippen molar-refractivity contribution in [1.29, 1.82) is 0 Å². The summed E-state index contributed by atoms with van der Waals surface area (Å²) >= 11 is 5.93. The first kappa shape index (κ1) is 11.3. The van der Waals surface area contributed by atoms with Gasteiger partial charge in [-0.15, -0.1) is 0 Å². The van der Waals surface area contributed by atoms with Gasteiger partial charge in [0, 0.05) is 6.04 Å². The third-order valence-corrected chi connectivity index (χ3v) is 2.75. The molecule has 1 aromatic carbocycles. The van der Waals surface area contributed by atoms with Crippen LogP contribution in [0.5, 0.6) is 5.75 Å². The molecular formula is C12H14ClNO2. The minimum absolute atomic E-state index is 0.0811. The molecule has 86 valence electrons. The molecule has 16 heavy (non-hydrogen) atoms. The Hall–Kier alpha value is -1.22. The molecule has 0 heterocycles. The molecule has 1 atom stereocenters. The van der Waals surface area contributed by atoms with Gasteiger partial charge in [0.1, 0.15) is 5.75 Å². The van der Waals surface area contributed by atoms with Gasteiger partial charge < -0.3 is 10.1 Å². The van der Waals surface area contributed by atoms with Crippen LogP contribution in [0.4, 0.5) is 0 Å². The van der Waals surface area contributed by atoms with E-state index in [-0.39, 0.29) is 5.91 Å². The number of ether oxygens (including phenoxy) is 1. The van der Waals surface area contributed by atoms with Crippen LogP contribution in [0.25, 0.3) is 0 Å². The highest BCUT2D eigenvalue weighted by molar-refractivity contribution is 6.32. The highest BCUT2D eigenvalue weighted by Gasteiger charge is 2.26. The summed E-state index contributed by atoms with van der Waals surface area (Å²) < 4.78 is 5.49. The maximum absolute atomic E-state index is 11.6. The average Bonchev–Trinajstić information content (AvgIpc) is 3.05. The minimum Gasteiger partial charge on any atom is -0.479 e.